The third-order valence-corrected chi connectivity index (χ3v) is 1.91. The standard InChI is InChI=1S/C9H14O2/c1-2-7-11-9-6-4-3-5-8(9)10/h2,9H,1,3-7H2. The predicted molar refractivity (Wildman–Crippen MR) is 43.4 cm³/mol. The number of carbonyl (C=O) groups excluding carboxylic acids is 1. The lowest BCUT2D eigenvalue weighted by Crippen LogP contribution is -2.27. The van der Waals surface area contributed by atoms with E-state index in [1.165, 1.54) is 0 Å². The molecule has 11 heavy (non-hydrogen) atoms. The molecule has 1 aliphatic carbocycles. The van der Waals surface area contributed by atoms with Gasteiger partial charge < -0.3 is 4.74 Å². The summed E-state index contributed by atoms with van der Waals surface area (Å²) in [5.41, 5.74) is 0. The zero-order chi connectivity index (χ0) is 8.10. The molecule has 1 atom stereocenters. The predicted octanol–water partition coefficient (Wildman–Crippen LogP) is 1.70. The minimum absolute atomic E-state index is 0.137. The van der Waals surface area contributed by atoms with E-state index in [-0.39, 0.29) is 11.9 Å². The second-order valence-electron chi connectivity index (χ2n) is 2.82. The Balaban J connectivity index is 2.29. The first kappa shape index (κ1) is 8.47. The van der Waals surface area contributed by atoms with Crippen LogP contribution in [0.4, 0.5) is 0 Å². The molecule has 2 heteroatoms. The number of rotatable bonds is 3. The number of Topliss-reactive ketones (excluding diaryl/α,β-unsaturated/α-hetero) is 1. The molecule has 1 fully saturated rings. The molecule has 1 rings (SSSR count). The summed E-state index contributed by atoms with van der Waals surface area (Å²) in [4.78, 5) is 11.1. The van der Waals surface area contributed by atoms with Crippen molar-refractivity contribution < 1.29 is 9.53 Å². The number of hydrogen-bond donors (Lipinski definition) is 0. The van der Waals surface area contributed by atoms with Crippen molar-refractivity contribution in [2.75, 3.05) is 6.61 Å². The van der Waals surface area contributed by atoms with E-state index in [9.17, 15) is 4.79 Å². The van der Waals surface area contributed by atoms with Gasteiger partial charge in [0.05, 0.1) is 6.61 Å². The van der Waals surface area contributed by atoms with Crippen molar-refractivity contribution in [3.8, 4) is 0 Å². The smallest absolute Gasteiger partial charge is 0.161 e. The second kappa shape index (κ2) is 4.29. The van der Waals surface area contributed by atoms with Crippen LogP contribution in [0.3, 0.4) is 0 Å². The van der Waals surface area contributed by atoms with Gasteiger partial charge in [-0.3, -0.25) is 4.79 Å². The SMILES string of the molecule is C=CCOC1CCCCC1=O. The lowest BCUT2D eigenvalue weighted by molar-refractivity contribution is -0.132. The molecule has 62 valence electrons. The molecular formula is C9H14O2. The van der Waals surface area contributed by atoms with Gasteiger partial charge in [-0.05, 0) is 19.3 Å². The van der Waals surface area contributed by atoms with Crippen LogP contribution in [0.1, 0.15) is 25.7 Å². The minimum Gasteiger partial charge on any atom is -0.366 e. The number of ketones is 1. The van der Waals surface area contributed by atoms with E-state index in [0.29, 0.717) is 13.0 Å². The van der Waals surface area contributed by atoms with E-state index in [0.717, 1.165) is 19.3 Å². The van der Waals surface area contributed by atoms with Crippen molar-refractivity contribution >= 4 is 5.78 Å². The summed E-state index contributed by atoms with van der Waals surface area (Å²) in [7, 11) is 0. The van der Waals surface area contributed by atoms with Gasteiger partial charge in [0.2, 0.25) is 0 Å². The first-order chi connectivity index (χ1) is 5.34. The van der Waals surface area contributed by atoms with Crippen LogP contribution in [0, 0.1) is 0 Å². The molecule has 1 unspecified atom stereocenters. The van der Waals surface area contributed by atoms with Crippen LogP contribution in [-0.2, 0) is 9.53 Å². The van der Waals surface area contributed by atoms with Gasteiger partial charge in [-0.2, -0.15) is 0 Å². The van der Waals surface area contributed by atoms with Gasteiger partial charge in [0.1, 0.15) is 6.10 Å². The number of hydrogen-bond acceptors (Lipinski definition) is 2. The largest absolute Gasteiger partial charge is 0.366 e. The third kappa shape index (κ3) is 2.46. The molecule has 2 nitrogen and oxygen atoms in total. The van der Waals surface area contributed by atoms with E-state index >= 15 is 0 Å². The molecule has 0 bridgehead atoms. The average Bonchev–Trinajstić information content (AvgIpc) is 2.03. The quantitative estimate of drug-likeness (QED) is 0.578. The summed E-state index contributed by atoms with van der Waals surface area (Å²) in [6.07, 6.45) is 5.29. The molecule has 0 aliphatic heterocycles. The highest BCUT2D eigenvalue weighted by Gasteiger charge is 2.21. The lowest BCUT2D eigenvalue weighted by Gasteiger charge is -2.19. The Morgan fingerprint density at radius 1 is 1.64 bits per heavy atom. The fourth-order valence-corrected chi connectivity index (χ4v) is 1.31. The molecule has 0 heterocycles. The zero-order valence-corrected chi connectivity index (χ0v) is 6.71. The minimum atomic E-state index is -0.137. The fourth-order valence-electron chi connectivity index (χ4n) is 1.31. The summed E-state index contributed by atoms with van der Waals surface area (Å²) in [5, 5.41) is 0. The van der Waals surface area contributed by atoms with Crippen LogP contribution in [0.5, 0.6) is 0 Å². The Kier molecular flexibility index (Phi) is 3.30. The van der Waals surface area contributed by atoms with Crippen molar-refractivity contribution in [1.29, 1.82) is 0 Å². The summed E-state index contributed by atoms with van der Waals surface area (Å²) < 4.78 is 5.28. The summed E-state index contributed by atoms with van der Waals surface area (Å²) in [5.74, 6) is 0.262. The van der Waals surface area contributed by atoms with Gasteiger partial charge in [-0.1, -0.05) is 6.08 Å². The van der Waals surface area contributed by atoms with Gasteiger partial charge in [-0.15, -0.1) is 6.58 Å². The van der Waals surface area contributed by atoms with Crippen LogP contribution in [0.2, 0.25) is 0 Å². The monoisotopic (exact) mass is 154 g/mol. The van der Waals surface area contributed by atoms with Crippen LogP contribution < -0.4 is 0 Å². The van der Waals surface area contributed by atoms with Crippen molar-refractivity contribution in [2.45, 2.75) is 31.8 Å². The first-order valence-corrected chi connectivity index (χ1v) is 4.10. The van der Waals surface area contributed by atoms with E-state index in [1.807, 2.05) is 0 Å². The Morgan fingerprint density at radius 3 is 3.09 bits per heavy atom. The normalized spacial score (nSPS) is 25.1. The van der Waals surface area contributed by atoms with Crippen molar-refractivity contribution in [3.63, 3.8) is 0 Å². The maximum absolute atomic E-state index is 11.1. The highest BCUT2D eigenvalue weighted by Crippen LogP contribution is 2.16. The Hall–Kier alpha value is -0.630. The van der Waals surface area contributed by atoms with Gasteiger partial charge in [0.15, 0.2) is 5.78 Å². The Morgan fingerprint density at radius 2 is 2.45 bits per heavy atom. The highest BCUT2D eigenvalue weighted by atomic mass is 16.5. The summed E-state index contributed by atoms with van der Waals surface area (Å²) in [6.45, 7) is 4.03. The fraction of sp³-hybridized carbons (Fsp3) is 0.667. The topological polar surface area (TPSA) is 26.3 Å². The Bertz CT molecular complexity index is 152. The van der Waals surface area contributed by atoms with Crippen LogP contribution in [0.15, 0.2) is 12.7 Å². The van der Waals surface area contributed by atoms with Gasteiger partial charge in [0.25, 0.3) is 0 Å². The third-order valence-electron chi connectivity index (χ3n) is 1.91. The molecule has 1 saturated carbocycles. The molecule has 0 radical (unpaired) electrons. The van der Waals surface area contributed by atoms with E-state index in [2.05, 4.69) is 6.58 Å². The first-order valence-electron chi connectivity index (χ1n) is 4.10. The van der Waals surface area contributed by atoms with Crippen molar-refractivity contribution in [3.05, 3.63) is 12.7 Å². The molecule has 0 amide bonds. The lowest BCUT2D eigenvalue weighted by atomic mass is 9.96. The van der Waals surface area contributed by atoms with E-state index < -0.39 is 0 Å². The Labute approximate surface area is 67.2 Å². The second-order valence-corrected chi connectivity index (χ2v) is 2.82. The van der Waals surface area contributed by atoms with E-state index in [4.69, 9.17) is 4.74 Å². The highest BCUT2D eigenvalue weighted by molar-refractivity contribution is 5.83. The molecule has 0 N–H and O–H groups in total. The van der Waals surface area contributed by atoms with Crippen LogP contribution in [0.25, 0.3) is 0 Å². The van der Waals surface area contributed by atoms with Crippen molar-refractivity contribution in [1.82, 2.24) is 0 Å². The molecule has 0 aromatic carbocycles. The summed E-state index contributed by atoms with van der Waals surface area (Å²) in [6, 6.07) is 0. The van der Waals surface area contributed by atoms with Gasteiger partial charge in [-0.25, -0.2) is 0 Å². The summed E-state index contributed by atoms with van der Waals surface area (Å²) >= 11 is 0. The molecular weight excluding hydrogens is 140 g/mol. The average molecular weight is 154 g/mol. The van der Waals surface area contributed by atoms with Crippen LogP contribution in [-0.4, -0.2) is 18.5 Å². The zero-order valence-electron chi connectivity index (χ0n) is 6.71. The molecule has 0 aromatic heterocycles. The van der Waals surface area contributed by atoms with Crippen LogP contribution >= 0.6 is 0 Å². The molecule has 0 saturated heterocycles. The maximum Gasteiger partial charge on any atom is 0.161 e. The van der Waals surface area contributed by atoms with Gasteiger partial charge >= 0.3 is 0 Å². The molecule has 0 spiro atoms. The maximum atomic E-state index is 11.1. The number of ether oxygens (including phenoxy) is 1. The molecule has 0 aromatic rings. The van der Waals surface area contributed by atoms with E-state index in [1.54, 1.807) is 6.08 Å². The number of carbonyl (C=O) groups is 1. The van der Waals surface area contributed by atoms with Crippen molar-refractivity contribution in [2.24, 2.45) is 0 Å². The van der Waals surface area contributed by atoms with Gasteiger partial charge in [0, 0.05) is 6.42 Å². The molecule has 1 aliphatic rings.